The molecule has 7 heteroatoms. The van der Waals surface area contributed by atoms with Crippen LogP contribution in [0.3, 0.4) is 0 Å². The average Bonchev–Trinajstić information content (AvgIpc) is 3.28. The predicted molar refractivity (Wildman–Crippen MR) is 125 cm³/mol. The van der Waals surface area contributed by atoms with Crippen LogP contribution >= 0.6 is 0 Å². The number of aliphatic hydroxyl groups is 1. The Morgan fingerprint density at radius 2 is 1.88 bits per heavy atom. The summed E-state index contributed by atoms with van der Waals surface area (Å²) >= 11 is 0. The molecule has 1 aliphatic carbocycles. The van der Waals surface area contributed by atoms with E-state index in [0.717, 1.165) is 37.7 Å². The lowest BCUT2D eigenvalue weighted by Gasteiger charge is -2.29. The lowest BCUT2D eigenvalue weighted by molar-refractivity contribution is -0.145. The highest BCUT2D eigenvalue weighted by atomic mass is 16.5. The normalized spacial score (nSPS) is 24.0. The van der Waals surface area contributed by atoms with Gasteiger partial charge in [0.1, 0.15) is 6.61 Å². The summed E-state index contributed by atoms with van der Waals surface area (Å²) in [7, 11) is 0. The van der Waals surface area contributed by atoms with E-state index < -0.39 is 11.5 Å². The number of hydrogen-bond donors (Lipinski definition) is 3. The number of hydrogen-bond acceptors (Lipinski definition) is 5. The van der Waals surface area contributed by atoms with Crippen molar-refractivity contribution in [3.63, 3.8) is 0 Å². The fourth-order valence-corrected chi connectivity index (χ4v) is 4.61. The second kappa shape index (κ2) is 12.5. The number of esters is 1. The maximum Gasteiger partial charge on any atom is 0.305 e. The van der Waals surface area contributed by atoms with Gasteiger partial charge in [0.05, 0.1) is 24.1 Å². The van der Waals surface area contributed by atoms with Gasteiger partial charge in [0, 0.05) is 12.8 Å². The number of allylic oxidation sites excluding steroid dienone is 2. The molecule has 33 heavy (non-hydrogen) atoms. The van der Waals surface area contributed by atoms with E-state index in [9.17, 15) is 19.5 Å². The van der Waals surface area contributed by atoms with Gasteiger partial charge in [0.2, 0.25) is 11.8 Å². The summed E-state index contributed by atoms with van der Waals surface area (Å²) in [5.41, 5.74) is 0.472. The Labute approximate surface area is 196 Å². The molecule has 2 atom stereocenters. The molecule has 3 N–H and O–H groups in total. The van der Waals surface area contributed by atoms with Gasteiger partial charge in [-0.25, -0.2) is 0 Å². The molecule has 3 rings (SSSR count). The first-order chi connectivity index (χ1) is 16.0. The zero-order chi connectivity index (χ0) is 23.5. The average molecular weight is 457 g/mol. The first kappa shape index (κ1) is 25.0. The van der Waals surface area contributed by atoms with Crippen molar-refractivity contribution < 1.29 is 24.2 Å². The second-order valence-corrected chi connectivity index (χ2v) is 9.27. The Morgan fingerprint density at radius 3 is 2.61 bits per heavy atom. The number of aliphatic hydroxyl groups excluding tert-OH is 1. The van der Waals surface area contributed by atoms with Crippen LogP contribution in [0.1, 0.15) is 63.4 Å². The van der Waals surface area contributed by atoms with Crippen molar-refractivity contribution in [2.75, 3.05) is 13.2 Å². The van der Waals surface area contributed by atoms with Crippen molar-refractivity contribution in [1.29, 1.82) is 0 Å². The molecular weight excluding hydrogens is 420 g/mol. The number of amides is 2. The van der Waals surface area contributed by atoms with Gasteiger partial charge in [-0.05, 0) is 44.1 Å². The first-order valence-corrected chi connectivity index (χ1v) is 12.1. The molecule has 1 aliphatic heterocycles. The van der Waals surface area contributed by atoms with Gasteiger partial charge in [0.25, 0.3) is 0 Å². The minimum atomic E-state index is -0.559. The van der Waals surface area contributed by atoms with E-state index in [0.29, 0.717) is 25.7 Å². The highest BCUT2D eigenvalue weighted by molar-refractivity contribution is 5.86. The highest BCUT2D eigenvalue weighted by Gasteiger charge is 2.35. The topological polar surface area (TPSA) is 105 Å². The smallest absolute Gasteiger partial charge is 0.305 e. The minimum absolute atomic E-state index is 0.0514. The van der Waals surface area contributed by atoms with E-state index in [2.05, 4.69) is 10.6 Å². The number of ether oxygens (including phenoxy) is 1. The monoisotopic (exact) mass is 456 g/mol. The van der Waals surface area contributed by atoms with Crippen molar-refractivity contribution in [2.45, 2.75) is 75.8 Å². The summed E-state index contributed by atoms with van der Waals surface area (Å²) in [6.45, 7) is 0.0134. The van der Waals surface area contributed by atoms with Gasteiger partial charge in [-0.2, -0.15) is 0 Å². The van der Waals surface area contributed by atoms with Crippen molar-refractivity contribution in [1.82, 2.24) is 10.6 Å². The fraction of sp³-hybridized carbons (Fsp3) is 0.577. The Bertz CT molecular complexity index is 817. The summed E-state index contributed by atoms with van der Waals surface area (Å²) in [4.78, 5) is 38.1. The Hall–Kier alpha value is -2.67. The van der Waals surface area contributed by atoms with Crippen LogP contribution in [0.25, 0.3) is 0 Å². The van der Waals surface area contributed by atoms with E-state index >= 15 is 0 Å². The second-order valence-electron chi connectivity index (χ2n) is 9.27. The largest absolute Gasteiger partial charge is 0.463 e. The molecule has 0 aromatic heterocycles. The standard InChI is InChI=1S/C26H36N2O5/c29-19-26(14-8-9-15-26)28-23(30)17-21-12-6-1-2-7-13-24(31)33-18-22(27-25(21)32)16-20-10-4-3-5-11-20/h1,3-6,10-11,21-22,29H,2,7-9,12-19H2,(H,27,32)(H,28,30). The van der Waals surface area contributed by atoms with Gasteiger partial charge in [-0.15, -0.1) is 0 Å². The van der Waals surface area contributed by atoms with E-state index in [-0.39, 0.29) is 43.5 Å². The third-order valence-electron chi connectivity index (χ3n) is 6.53. The van der Waals surface area contributed by atoms with Gasteiger partial charge in [-0.1, -0.05) is 55.3 Å². The van der Waals surface area contributed by atoms with Crippen LogP contribution in [-0.4, -0.2) is 47.7 Å². The molecule has 1 fully saturated rings. The highest BCUT2D eigenvalue weighted by Crippen LogP contribution is 2.29. The molecule has 2 amide bonds. The summed E-state index contributed by atoms with van der Waals surface area (Å²) in [6.07, 6.45) is 10.1. The van der Waals surface area contributed by atoms with Crippen LogP contribution in [0, 0.1) is 5.92 Å². The van der Waals surface area contributed by atoms with Crippen LogP contribution in [-0.2, 0) is 25.5 Å². The van der Waals surface area contributed by atoms with Crippen molar-refractivity contribution in [2.24, 2.45) is 5.92 Å². The molecule has 1 aromatic rings. The molecule has 180 valence electrons. The summed E-state index contributed by atoms with van der Waals surface area (Å²) in [5, 5.41) is 15.8. The lowest BCUT2D eigenvalue weighted by Crippen LogP contribution is -2.50. The van der Waals surface area contributed by atoms with E-state index in [1.54, 1.807) is 0 Å². The van der Waals surface area contributed by atoms with E-state index in [1.165, 1.54) is 0 Å². The summed E-state index contributed by atoms with van der Waals surface area (Å²) in [6, 6.07) is 9.35. The predicted octanol–water partition coefficient (Wildman–Crippen LogP) is 2.81. The molecule has 2 unspecified atom stereocenters. The van der Waals surface area contributed by atoms with Gasteiger partial charge < -0.3 is 20.5 Å². The van der Waals surface area contributed by atoms with Crippen molar-refractivity contribution in [3.05, 3.63) is 48.0 Å². The molecule has 1 aromatic carbocycles. The maximum absolute atomic E-state index is 13.2. The molecule has 1 heterocycles. The summed E-state index contributed by atoms with van der Waals surface area (Å²) < 4.78 is 5.44. The number of rotatable bonds is 6. The van der Waals surface area contributed by atoms with Crippen molar-refractivity contribution >= 4 is 17.8 Å². The number of benzene rings is 1. The van der Waals surface area contributed by atoms with E-state index in [1.807, 2.05) is 42.5 Å². The van der Waals surface area contributed by atoms with Gasteiger partial charge >= 0.3 is 5.97 Å². The van der Waals surface area contributed by atoms with Crippen LogP contribution < -0.4 is 10.6 Å². The van der Waals surface area contributed by atoms with Crippen LogP contribution in [0.4, 0.5) is 0 Å². The zero-order valence-corrected chi connectivity index (χ0v) is 19.3. The van der Waals surface area contributed by atoms with Crippen LogP contribution in [0.2, 0.25) is 0 Å². The Morgan fingerprint density at radius 1 is 1.12 bits per heavy atom. The third kappa shape index (κ3) is 8.00. The number of nitrogens with one attached hydrogen (secondary N) is 2. The zero-order valence-electron chi connectivity index (χ0n) is 19.3. The summed E-state index contributed by atoms with van der Waals surface area (Å²) in [5.74, 6) is -1.24. The minimum Gasteiger partial charge on any atom is -0.463 e. The maximum atomic E-state index is 13.2. The molecule has 0 bridgehead atoms. The fourth-order valence-electron chi connectivity index (χ4n) is 4.61. The van der Waals surface area contributed by atoms with Crippen LogP contribution in [0.15, 0.2) is 42.5 Å². The molecule has 7 nitrogen and oxygen atoms in total. The quantitative estimate of drug-likeness (QED) is 0.451. The Kier molecular flexibility index (Phi) is 9.48. The molecule has 0 spiro atoms. The number of carbonyl (C=O) groups excluding carboxylic acids is 3. The molecular formula is C26H36N2O5. The number of cyclic esters (lactones) is 1. The first-order valence-electron chi connectivity index (χ1n) is 12.1. The van der Waals surface area contributed by atoms with Crippen molar-refractivity contribution in [3.8, 4) is 0 Å². The molecule has 1 saturated carbocycles. The number of carbonyl (C=O) groups is 3. The lowest BCUT2D eigenvalue weighted by atomic mass is 9.95. The van der Waals surface area contributed by atoms with Gasteiger partial charge in [0.15, 0.2) is 0 Å². The molecule has 2 aliphatic rings. The third-order valence-corrected chi connectivity index (χ3v) is 6.53. The van der Waals surface area contributed by atoms with Crippen LogP contribution in [0.5, 0.6) is 0 Å². The molecule has 0 saturated heterocycles. The SMILES string of the molecule is O=C(CC1CC=CCCCC(=O)OCC(Cc2ccccc2)NC1=O)NC1(CO)CCCC1. The Balaban J connectivity index is 1.70. The van der Waals surface area contributed by atoms with E-state index in [4.69, 9.17) is 4.74 Å². The van der Waals surface area contributed by atoms with Gasteiger partial charge in [-0.3, -0.25) is 14.4 Å². The molecule has 0 radical (unpaired) electrons.